The van der Waals surface area contributed by atoms with Crippen molar-refractivity contribution in [3.63, 3.8) is 0 Å². The number of rotatable bonds is 3. The van der Waals surface area contributed by atoms with Gasteiger partial charge < -0.3 is 4.90 Å². The number of carbonyl (C=O) groups is 1. The van der Waals surface area contributed by atoms with Crippen LogP contribution in [0.1, 0.15) is 12.5 Å². The van der Waals surface area contributed by atoms with Crippen LogP contribution in [0.15, 0.2) is 24.3 Å². The molecule has 1 fully saturated rings. The highest BCUT2D eigenvalue weighted by Gasteiger charge is 2.53. The molecule has 1 saturated heterocycles. The van der Waals surface area contributed by atoms with Crippen LogP contribution >= 0.6 is 0 Å². The first kappa shape index (κ1) is 19.2. The van der Waals surface area contributed by atoms with Crippen molar-refractivity contribution in [1.29, 1.82) is 0 Å². The number of alkyl halides is 3. The van der Waals surface area contributed by atoms with Crippen molar-refractivity contribution in [2.24, 2.45) is 5.92 Å². The van der Waals surface area contributed by atoms with E-state index in [0.29, 0.717) is 6.42 Å². The third-order valence-corrected chi connectivity index (χ3v) is 6.72. The Bertz CT molecular complexity index is 810. The van der Waals surface area contributed by atoms with Gasteiger partial charge >= 0.3 is 6.18 Å². The number of amides is 1. The number of anilines is 1. The summed E-state index contributed by atoms with van der Waals surface area (Å²) in [5, 5.41) is -1.53. The van der Waals surface area contributed by atoms with Crippen molar-refractivity contribution in [2.75, 3.05) is 30.8 Å². The van der Waals surface area contributed by atoms with Gasteiger partial charge in [-0.3, -0.25) is 9.69 Å². The molecule has 2 aliphatic rings. The molecule has 26 heavy (non-hydrogen) atoms. The number of nitrogens with zero attached hydrogens (tertiary/aromatic N) is 2. The van der Waals surface area contributed by atoms with Gasteiger partial charge in [0.25, 0.3) is 0 Å². The molecule has 3 atom stereocenters. The van der Waals surface area contributed by atoms with Crippen molar-refractivity contribution < 1.29 is 26.4 Å². The number of hydrogen-bond acceptors (Lipinski definition) is 4. The maximum absolute atomic E-state index is 13.2. The summed E-state index contributed by atoms with van der Waals surface area (Å²) in [5.41, 5.74) is 1.80. The van der Waals surface area contributed by atoms with Gasteiger partial charge in [0.15, 0.2) is 9.84 Å². The Hall–Kier alpha value is -1.61. The smallest absolute Gasteiger partial charge is 0.308 e. The predicted octanol–water partition coefficient (Wildman–Crippen LogP) is 1.87. The van der Waals surface area contributed by atoms with Crippen molar-refractivity contribution in [3.05, 3.63) is 29.8 Å². The van der Waals surface area contributed by atoms with Crippen LogP contribution in [0.3, 0.4) is 0 Å². The molecule has 1 aromatic carbocycles. The Balaban J connectivity index is 1.76. The molecule has 0 aliphatic carbocycles. The van der Waals surface area contributed by atoms with E-state index in [1.54, 1.807) is 4.90 Å². The molecule has 3 rings (SSSR count). The van der Waals surface area contributed by atoms with Gasteiger partial charge in [-0.25, -0.2) is 8.42 Å². The monoisotopic (exact) mass is 390 g/mol. The number of benzene rings is 1. The molecule has 0 spiro atoms. The topological polar surface area (TPSA) is 57.7 Å². The standard InChI is InChI=1S/C17H21F3N2O3S/c1-11-7-12-5-3-4-6-14(12)22(11)16(23)10-21-8-13(17(18,19)20)15(9-21)26(2,24)25/h3-6,11,13,15H,7-10H2,1-2H3/t11?,13-,15-/m0/s1. The average Bonchev–Trinajstić information content (AvgIpc) is 3.06. The average molecular weight is 390 g/mol. The summed E-state index contributed by atoms with van der Waals surface area (Å²) in [4.78, 5) is 15.6. The highest BCUT2D eigenvalue weighted by Crippen LogP contribution is 2.37. The Labute approximate surface area is 150 Å². The molecule has 0 saturated carbocycles. The van der Waals surface area contributed by atoms with Crippen LogP contribution in [0.2, 0.25) is 0 Å². The number of hydrogen-bond donors (Lipinski definition) is 0. The van der Waals surface area contributed by atoms with E-state index in [4.69, 9.17) is 0 Å². The van der Waals surface area contributed by atoms with E-state index in [0.717, 1.165) is 17.5 Å². The molecule has 1 unspecified atom stereocenters. The molecular formula is C17H21F3N2O3S. The van der Waals surface area contributed by atoms with E-state index in [-0.39, 0.29) is 25.0 Å². The first-order chi connectivity index (χ1) is 12.0. The zero-order valence-corrected chi connectivity index (χ0v) is 15.3. The van der Waals surface area contributed by atoms with Gasteiger partial charge in [-0.15, -0.1) is 0 Å². The summed E-state index contributed by atoms with van der Waals surface area (Å²) in [5.74, 6) is -2.27. The van der Waals surface area contributed by atoms with Gasteiger partial charge in [0, 0.05) is 31.1 Å². The second kappa shape index (κ2) is 6.53. The fourth-order valence-electron chi connectivity index (χ4n) is 3.94. The number of para-hydroxylation sites is 1. The van der Waals surface area contributed by atoms with Gasteiger partial charge in [-0.05, 0) is 25.0 Å². The van der Waals surface area contributed by atoms with Crippen LogP contribution in [-0.2, 0) is 21.1 Å². The Kier molecular flexibility index (Phi) is 4.81. The second-order valence-corrected chi connectivity index (χ2v) is 9.42. The fraction of sp³-hybridized carbons (Fsp3) is 0.588. The Morgan fingerprint density at radius 3 is 2.46 bits per heavy atom. The fourth-order valence-corrected chi connectivity index (χ4v) is 5.26. The zero-order valence-electron chi connectivity index (χ0n) is 14.5. The summed E-state index contributed by atoms with van der Waals surface area (Å²) >= 11 is 0. The lowest BCUT2D eigenvalue weighted by atomic mass is 10.1. The third-order valence-electron chi connectivity index (χ3n) is 5.15. The predicted molar refractivity (Wildman–Crippen MR) is 91.7 cm³/mol. The molecular weight excluding hydrogens is 369 g/mol. The number of carbonyl (C=O) groups excluding carboxylic acids is 1. The molecule has 1 aromatic rings. The van der Waals surface area contributed by atoms with Crippen LogP contribution in [0.5, 0.6) is 0 Å². The van der Waals surface area contributed by atoms with Gasteiger partial charge in [-0.2, -0.15) is 13.2 Å². The molecule has 2 heterocycles. The number of sulfone groups is 1. The SMILES string of the molecule is CC1Cc2ccccc2N1C(=O)CN1C[C@H](C(F)(F)F)[C@@H](S(C)(=O)=O)C1. The van der Waals surface area contributed by atoms with Gasteiger partial charge in [0.1, 0.15) is 0 Å². The molecule has 0 bridgehead atoms. The van der Waals surface area contributed by atoms with Gasteiger partial charge in [0.05, 0.1) is 17.7 Å². The normalized spacial score (nSPS) is 27.0. The van der Waals surface area contributed by atoms with E-state index in [9.17, 15) is 26.4 Å². The molecule has 0 aromatic heterocycles. The van der Waals surface area contributed by atoms with Crippen LogP contribution in [0.4, 0.5) is 18.9 Å². The van der Waals surface area contributed by atoms with Crippen molar-refractivity contribution >= 4 is 21.4 Å². The first-order valence-corrected chi connectivity index (χ1v) is 10.3. The summed E-state index contributed by atoms with van der Waals surface area (Å²) in [6.45, 7) is 0.909. The maximum atomic E-state index is 13.2. The lowest BCUT2D eigenvalue weighted by molar-refractivity contribution is -0.169. The summed E-state index contributed by atoms with van der Waals surface area (Å²) in [6.07, 6.45) is -3.10. The molecule has 5 nitrogen and oxygen atoms in total. The lowest BCUT2D eigenvalue weighted by Gasteiger charge is -2.25. The second-order valence-electron chi connectivity index (χ2n) is 7.16. The van der Waals surface area contributed by atoms with E-state index in [1.807, 2.05) is 31.2 Å². The summed E-state index contributed by atoms with van der Waals surface area (Å²) < 4.78 is 63.2. The zero-order chi connectivity index (χ0) is 19.3. The number of halogens is 3. The Morgan fingerprint density at radius 2 is 1.88 bits per heavy atom. The third kappa shape index (κ3) is 3.59. The highest BCUT2D eigenvalue weighted by molar-refractivity contribution is 7.91. The van der Waals surface area contributed by atoms with E-state index < -0.39 is 33.7 Å². The van der Waals surface area contributed by atoms with E-state index >= 15 is 0 Å². The van der Waals surface area contributed by atoms with Crippen LogP contribution in [0, 0.1) is 5.92 Å². The van der Waals surface area contributed by atoms with Crippen LogP contribution in [0.25, 0.3) is 0 Å². The minimum Gasteiger partial charge on any atom is -0.308 e. The summed E-state index contributed by atoms with van der Waals surface area (Å²) in [7, 11) is -3.87. The van der Waals surface area contributed by atoms with Crippen LogP contribution in [-0.4, -0.2) is 62.6 Å². The highest BCUT2D eigenvalue weighted by atomic mass is 32.2. The van der Waals surface area contributed by atoms with Crippen molar-refractivity contribution in [2.45, 2.75) is 30.8 Å². The molecule has 144 valence electrons. The number of likely N-dealkylation sites (tertiary alicyclic amines) is 1. The Morgan fingerprint density at radius 1 is 1.23 bits per heavy atom. The summed E-state index contributed by atoms with van der Waals surface area (Å²) in [6, 6.07) is 7.36. The maximum Gasteiger partial charge on any atom is 0.394 e. The van der Waals surface area contributed by atoms with E-state index in [1.165, 1.54) is 4.90 Å². The van der Waals surface area contributed by atoms with Gasteiger partial charge in [-0.1, -0.05) is 18.2 Å². The molecule has 0 radical (unpaired) electrons. The molecule has 9 heteroatoms. The lowest BCUT2D eigenvalue weighted by Crippen LogP contribution is -2.43. The van der Waals surface area contributed by atoms with Crippen molar-refractivity contribution in [3.8, 4) is 0 Å². The minimum atomic E-state index is -4.61. The molecule has 2 aliphatic heterocycles. The number of fused-ring (bicyclic) bond motifs is 1. The largest absolute Gasteiger partial charge is 0.394 e. The van der Waals surface area contributed by atoms with Crippen molar-refractivity contribution in [1.82, 2.24) is 4.90 Å². The van der Waals surface area contributed by atoms with Crippen LogP contribution < -0.4 is 4.90 Å². The van der Waals surface area contributed by atoms with Gasteiger partial charge in [0.2, 0.25) is 5.91 Å². The minimum absolute atomic E-state index is 0.0772. The molecule has 1 amide bonds. The van der Waals surface area contributed by atoms with E-state index in [2.05, 4.69) is 0 Å². The quantitative estimate of drug-likeness (QED) is 0.791. The first-order valence-electron chi connectivity index (χ1n) is 8.36. The molecule has 0 N–H and O–H groups in total.